The molecule has 0 amide bonds. The molecule has 0 nitrogen and oxygen atoms in total. The first kappa shape index (κ1) is 17.9. The van der Waals surface area contributed by atoms with Crippen molar-refractivity contribution in [2.45, 2.75) is 56.9 Å². The molecule has 17 heavy (non-hydrogen) atoms. The fraction of sp³-hybridized carbons (Fsp3) is 1.00. The summed E-state index contributed by atoms with van der Waals surface area (Å²) < 4.78 is 38.3. The Kier molecular flexibility index (Phi) is 10.3. The third-order valence-electron chi connectivity index (χ3n) is 2.43. The predicted molar refractivity (Wildman–Crippen MR) is 71.6 cm³/mol. The van der Waals surface area contributed by atoms with Crippen LogP contribution in [0, 0.1) is 0 Å². The van der Waals surface area contributed by atoms with Crippen LogP contribution in [0.3, 0.4) is 0 Å². The smallest absolute Gasteiger partial charge is 0.251 e. The molecule has 0 aromatic rings. The van der Waals surface area contributed by atoms with Gasteiger partial charge in [-0.1, -0.05) is 25.7 Å². The number of halogens is 6. The first-order valence-electron chi connectivity index (χ1n) is 5.77. The second kappa shape index (κ2) is 9.76. The van der Waals surface area contributed by atoms with Crippen molar-refractivity contribution in [3.05, 3.63) is 0 Å². The molecule has 0 radical (unpaired) electrons. The molecular formula is C10H18Cl3F3Si. The lowest BCUT2D eigenvalue weighted by Gasteiger charge is -2.16. The van der Waals surface area contributed by atoms with Crippen LogP contribution in [0.5, 0.6) is 0 Å². The van der Waals surface area contributed by atoms with Crippen LogP contribution in [0.25, 0.3) is 0 Å². The molecule has 2 atom stereocenters. The number of hydrogen-bond acceptors (Lipinski definition) is 0. The topological polar surface area (TPSA) is 0 Å². The molecule has 2 unspecified atom stereocenters. The van der Waals surface area contributed by atoms with Crippen LogP contribution in [0.15, 0.2) is 0 Å². The van der Waals surface area contributed by atoms with Gasteiger partial charge in [0, 0.05) is 6.04 Å². The Balaban J connectivity index is 3.54. The van der Waals surface area contributed by atoms with Gasteiger partial charge in [-0.2, -0.15) is 0 Å². The minimum absolute atomic E-state index is 0.145. The molecule has 0 heterocycles. The van der Waals surface area contributed by atoms with Gasteiger partial charge < -0.3 is 0 Å². The highest BCUT2D eigenvalue weighted by Crippen LogP contribution is 2.30. The van der Waals surface area contributed by atoms with Crippen LogP contribution >= 0.6 is 33.2 Å². The second-order valence-corrected chi connectivity index (χ2v) is 13.3. The minimum atomic E-state index is -3.09. The molecule has 0 aliphatic carbocycles. The van der Waals surface area contributed by atoms with E-state index in [9.17, 15) is 13.2 Å². The quantitative estimate of drug-likeness (QED) is 0.277. The van der Waals surface area contributed by atoms with E-state index in [1.165, 1.54) is 0 Å². The Hall–Kier alpha value is 0.877. The van der Waals surface area contributed by atoms with Crippen molar-refractivity contribution >= 4 is 39.2 Å². The van der Waals surface area contributed by atoms with E-state index in [4.69, 9.17) is 33.2 Å². The molecule has 0 aromatic carbocycles. The van der Waals surface area contributed by atoms with Crippen molar-refractivity contribution in [2.24, 2.45) is 0 Å². The highest BCUT2D eigenvalue weighted by molar-refractivity contribution is 7.64. The zero-order chi connectivity index (χ0) is 13.3. The molecule has 0 saturated carbocycles. The predicted octanol–water partition coefficient (Wildman–Crippen LogP) is 5.63. The maximum absolute atomic E-state index is 13.3. The van der Waals surface area contributed by atoms with Crippen LogP contribution in [0.4, 0.5) is 13.2 Å². The zero-order valence-corrected chi connectivity index (χ0v) is 12.8. The summed E-state index contributed by atoms with van der Waals surface area (Å²) in [4.78, 5) is 0. The van der Waals surface area contributed by atoms with E-state index in [1.807, 2.05) is 0 Å². The third-order valence-corrected chi connectivity index (χ3v) is 4.67. The second-order valence-electron chi connectivity index (χ2n) is 4.10. The molecule has 0 bridgehead atoms. The summed E-state index contributed by atoms with van der Waals surface area (Å²) in [5, 5.41) is 0. The summed E-state index contributed by atoms with van der Waals surface area (Å²) in [5.41, 5.74) is 0. The average Bonchev–Trinajstić information content (AvgIpc) is 2.20. The van der Waals surface area contributed by atoms with Crippen molar-refractivity contribution in [3.8, 4) is 0 Å². The van der Waals surface area contributed by atoms with Crippen molar-refractivity contribution < 1.29 is 13.2 Å². The lowest BCUT2D eigenvalue weighted by Crippen LogP contribution is -2.25. The monoisotopic (exact) mass is 328 g/mol. The number of rotatable bonds is 10. The van der Waals surface area contributed by atoms with E-state index in [0.717, 1.165) is 19.3 Å². The summed E-state index contributed by atoms with van der Waals surface area (Å²) in [5.74, 6) is 0. The van der Waals surface area contributed by atoms with Gasteiger partial charge in [0.15, 0.2) is 0 Å². The molecular weight excluding hydrogens is 312 g/mol. The van der Waals surface area contributed by atoms with Crippen molar-refractivity contribution in [2.75, 3.05) is 6.67 Å². The van der Waals surface area contributed by atoms with Gasteiger partial charge in [0.25, 0.3) is 0 Å². The van der Waals surface area contributed by atoms with Gasteiger partial charge in [0.05, 0.1) is 6.67 Å². The highest BCUT2D eigenvalue weighted by atomic mass is 35.8. The van der Waals surface area contributed by atoms with Crippen LogP contribution < -0.4 is 0 Å². The van der Waals surface area contributed by atoms with Crippen molar-refractivity contribution in [3.63, 3.8) is 0 Å². The summed E-state index contributed by atoms with van der Waals surface area (Å²) in [6, 6.07) is -3.38. The Bertz CT molecular complexity index is 190. The Morgan fingerprint density at radius 2 is 1.35 bits per heavy atom. The van der Waals surface area contributed by atoms with Crippen molar-refractivity contribution in [1.29, 1.82) is 0 Å². The number of unbranched alkanes of at least 4 members (excludes halogenated alkanes) is 4. The van der Waals surface area contributed by atoms with E-state index < -0.39 is 18.3 Å². The molecule has 7 heteroatoms. The van der Waals surface area contributed by atoms with Crippen LogP contribution in [-0.4, -0.2) is 25.0 Å². The summed E-state index contributed by atoms with van der Waals surface area (Å²) in [6.07, 6.45) is 0.489. The summed E-state index contributed by atoms with van der Waals surface area (Å²) in [7, 11) is 0. The highest BCUT2D eigenvalue weighted by Gasteiger charge is 2.33. The fourth-order valence-corrected chi connectivity index (χ4v) is 3.52. The first-order valence-corrected chi connectivity index (χ1v) is 11.0. The Morgan fingerprint density at radius 3 is 1.88 bits per heavy atom. The molecule has 0 N–H and O–H groups in total. The third kappa shape index (κ3) is 11.7. The number of alkyl halides is 3. The van der Waals surface area contributed by atoms with Gasteiger partial charge in [-0.15, -0.1) is 33.2 Å². The molecule has 104 valence electrons. The molecule has 0 aliphatic heterocycles. The molecule has 0 rings (SSSR count). The van der Waals surface area contributed by atoms with Gasteiger partial charge in [-0.25, -0.2) is 8.78 Å². The van der Waals surface area contributed by atoms with E-state index >= 15 is 0 Å². The molecule has 0 aliphatic rings. The lowest BCUT2D eigenvalue weighted by molar-refractivity contribution is 0.169. The molecule has 0 saturated heterocycles. The van der Waals surface area contributed by atoms with Gasteiger partial charge in [-0.05, 0) is 12.8 Å². The Labute approximate surface area is 116 Å². The molecule has 0 spiro atoms. The van der Waals surface area contributed by atoms with Gasteiger partial charge in [-0.3, -0.25) is 4.39 Å². The van der Waals surface area contributed by atoms with Gasteiger partial charge in [0.1, 0.15) is 12.3 Å². The molecule has 0 aromatic heterocycles. The number of hydrogen-bond donors (Lipinski definition) is 0. The van der Waals surface area contributed by atoms with Crippen LogP contribution in [-0.2, 0) is 0 Å². The average molecular weight is 330 g/mol. The van der Waals surface area contributed by atoms with Gasteiger partial charge >= 0.3 is 6.00 Å². The normalized spacial score (nSPS) is 15.9. The largest absolute Gasteiger partial charge is 0.344 e. The first-order chi connectivity index (χ1) is 7.87. The molecule has 0 fully saturated rings. The van der Waals surface area contributed by atoms with E-state index in [-0.39, 0.29) is 19.1 Å². The zero-order valence-electron chi connectivity index (χ0n) is 9.58. The van der Waals surface area contributed by atoms with Crippen LogP contribution in [0.2, 0.25) is 6.04 Å². The van der Waals surface area contributed by atoms with E-state index in [0.29, 0.717) is 12.8 Å². The minimum Gasteiger partial charge on any atom is -0.251 e. The SMILES string of the molecule is FCCCCCCCC(F)C(F)C[Si](Cl)(Cl)Cl. The fourth-order valence-electron chi connectivity index (χ4n) is 1.49. The lowest BCUT2D eigenvalue weighted by atomic mass is 10.1. The van der Waals surface area contributed by atoms with E-state index in [2.05, 4.69) is 0 Å². The Morgan fingerprint density at radius 1 is 0.824 bits per heavy atom. The van der Waals surface area contributed by atoms with E-state index in [1.54, 1.807) is 0 Å². The maximum Gasteiger partial charge on any atom is 0.344 e. The van der Waals surface area contributed by atoms with Crippen molar-refractivity contribution in [1.82, 2.24) is 0 Å². The standard InChI is InChI=1S/C10H18Cl3F3Si/c11-17(12,13)8-10(16)9(15)6-4-2-1-3-5-7-14/h9-10H,1-8H2. The summed E-state index contributed by atoms with van der Waals surface area (Å²) >= 11 is 16.6. The van der Waals surface area contributed by atoms with Gasteiger partial charge in [0.2, 0.25) is 0 Å². The summed E-state index contributed by atoms with van der Waals surface area (Å²) in [6.45, 7) is -0.313. The maximum atomic E-state index is 13.3. The van der Waals surface area contributed by atoms with Crippen LogP contribution in [0.1, 0.15) is 38.5 Å².